The molecule has 1 saturated heterocycles. The molecule has 2 aliphatic rings. The third kappa shape index (κ3) is 4.06. The summed E-state index contributed by atoms with van der Waals surface area (Å²) in [7, 11) is 0. The van der Waals surface area contributed by atoms with Gasteiger partial charge in [0.2, 0.25) is 11.8 Å². The van der Waals surface area contributed by atoms with Gasteiger partial charge in [0.1, 0.15) is 0 Å². The van der Waals surface area contributed by atoms with E-state index in [1.807, 2.05) is 11.8 Å². The van der Waals surface area contributed by atoms with Crippen LogP contribution in [0, 0.1) is 5.92 Å². The average Bonchev–Trinajstić information content (AvgIpc) is 3.29. The molecule has 1 saturated carbocycles. The highest BCUT2D eigenvalue weighted by molar-refractivity contribution is 6.05. The summed E-state index contributed by atoms with van der Waals surface area (Å²) in [5.41, 5.74) is 0.948. The van der Waals surface area contributed by atoms with Crippen molar-refractivity contribution in [2.24, 2.45) is 5.92 Å². The van der Waals surface area contributed by atoms with Crippen molar-refractivity contribution >= 4 is 23.4 Å². The van der Waals surface area contributed by atoms with Gasteiger partial charge in [-0.2, -0.15) is 0 Å². The molecule has 140 valence electrons. The SMILES string of the molecule is CCCNC(=O)c1ccccc1NC(=O)C1CC(=O)N(C2CCCC2)C1. The number of para-hydroxylation sites is 1. The summed E-state index contributed by atoms with van der Waals surface area (Å²) in [5, 5.41) is 5.69. The molecule has 1 aromatic rings. The molecule has 6 heteroatoms. The van der Waals surface area contributed by atoms with Gasteiger partial charge < -0.3 is 15.5 Å². The molecule has 26 heavy (non-hydrogen) atoms. The Bertz CT molecular complexity index is 683. The predicted molar refractivity (Wildman–Crippen MR) is 99.8 cm³/mol. The standard InChI is InChI=1S/C20H27N3O3/c1-2-11-21-20(26)16-9-5-6-10-17(16)22-19(25)14-12-18(24)23(13-14)15-7-3-4-8-15/h5-6,9-10,14-15H,2-4,7-8,11-13H2,1H3,(H,21,26)(H,22,25). The van der Waals surface area contributed by atoms with E-state index >= 15 is 0 Å². The number of likely N-dealkylation sites (tertiary alicyclic amines) is 1. The molecule has 3 rings (SSSR count). The number of nitrogens with one attached hydrogen (secondary N) is 2. The van der Waals surface area contributed by atoms with E-state index in [0.29, 0.717) is 30.4 Å². The highest BCUT2D eigenvalue weighted by Gasteiger charge is 2.38. The Kier molecular flexibility index (Phi) is 5.91. The number of carbonyl (C=O) groups is 3. The fraction of sp³-hybridized carbons (Fsp3) is 0.550. The first-order chi connectivity index (χ1) is 12.6. The van der Waals surface area contributed by atoms with Crippen LogP contribution in [0.3, 0.4) is 0 Å². The van der Waals surface area contributed by atoms with Gasteiger partial charge in [-0.3, -0.25) is 14.4 Å². The van der Waals surface area contributed by atoms with Crippen LogP contribution in [0.4, 0.5) is 5.69 Å². The second-order valence-corrected chi connectivity index (χ2v) is 7.18. The van der Waals surface area contributed by atoms with Crippen LogP contribution in [-0.4, -0.2) is 41.8 Å². The van der Waals surface area contributed by atoms with Crippen molar-refractivity contribution in [3.05, 3.63) is 29.8 Å². The second kappa shape index (κ2) is 8.34. The minimum absolute atomic E-state index is 0.0750. The van der Waals surface area contributed by atoms with E-state index in [4.69, 9.17) is 0 Å². The van der Waals surface area contributed by atoms with Crippen molar-refractivity contribution in [1.29, 1.82) is 0 Å². The van der Waals surface area contributed by atoms with E-state index in [2.05, 4.69) is 10.6 Å². The van der Waals surface area contributed by atoms with Crippen molar-refractivity contribution in [2.75, 3.05) is 18.4 Å². The number of rotatable bonds is 6. The molecule has 1 heterocycles. The van der Waals surface area contributed by atoms with Gasteiger partial charge >= 0.3 is 0 Å². The van der Waals surface area contributed by atoms with Crippen LogP contribution in [0.2, 0.25) is 0 Å². The summed E-state index contributed by atoms with van der Waals surface area (Å²) in [6.07, 6.45) is 5.51. The van der Waals surface area contributed by atoms with Gasteiger partial charge in [0.25, 0.3) is 5.91 Å². The van der Waals surface area contributed by atoms with Crippen molar-refractivity contribution in [2.45, 2.75) is 51.5 Å². The summed E-state index contributed by atoms with van der Waals surface area (Å²) in [5.74, 6) is -0.659. The minimum Gasteiger partial charge on any atom is -0.352 e. The lowest BCUT2D eigenvalue weighted by molar-refractivity contribution is -0.129. The van der Waals surface area contributed by atoms with E-state index in [9.17, 15) is 14.4 Å². The van der Waals surface area contributed by atoms with Gasteiger partial charge in [-0.25, -0.2) is 0 Å². The van der Waals surface area contributed by atoms with E-state index in [1.54, 1.807) is 24.3 Å². The molecule has 0 bridgehead atoms. The Labute approximate surface area is 154 Å². The average molecular weight is 357 g/mol. The fourth-order valence-corrected chi connectivity index (χ4v) is 3.83. The number of benzene rings is 1. The summed E-state index contributed by atoms with van der Waals surface area (Å²) in [6.45, 7) is 3.06. The Balaban J connectivity index is 1.65. The van der Waals surface area contributed by atoms with Crippen molar-refractivity contribution in [1.82, 2.24) is 10.2 Å². The smallest absolute Gasteiger partial charge is 0.253 e. The maximum atomic E-state index is 12.7. The van der Waals surface area contributed by atoms with E-state index in [0.717, 1.165) is 32.1 Å². The Morgan fingerprint density at radius 2 is 1.92 bits per heavy atom. The number of hydrogen-bond acceptors (Lipinski definition) is 3. The fourth-order valence-electron chi connectivity index (χ4n) is 3.83. The predicted octanol–water partition coefficient (Wildman–Crippen LogP) is 2.56. The normalized spacial score (nSPS) is 20.4. The van der Waals surface area contributed by atoms with Crippen LogP contribution in [-0.2, 0) is 9.59 Å². The lowest BCUT2D eigenvalue weighted by Crippen LogP contribution is -2.35. The number of anilines is 1. The van der Waals surface area contributed by atoms with E-state index in [-0.39, 0.29) is 30.1 Å². The van der Waals surface area contributed by atoms with E-state index in [1.165, 1.54) is 0 Å². The van der Waals surface area contributed by atoms with Crippen LogP contribution in [0.25, 0.3) is 0 Å². The molecule has 1 aliphatic carbocycles. The first-order valence-corrected chi connectivity index (χ1v) is 9.57. The minimum atomic E-state index is -0.352. The van der Waals surface area contributed by atoms with Gasteiger partial charge in [-0.1, -0.05) is 31.9 Å². The van der Waals surface area contributed by atoms with Crippen molar-refractivity contribution in [3.63, 3.8) is 0 Å². The summed E-state index contributed by atoms with van der Waals surface area (Å²) in [4.78, 5) is 39.2. The van der Waals surface area contributed by atoms with Crippen LogP contribution in [0.1, 0.15) is 55.8 Å². The topological polar surface area (TPSA) is 78.5 Å². The van der Waals surface area contributed by atoms with Crippen LogP contribution in [0.15, 0.2) is 24.3 Å². The number of carbonyl (C=O) groups excluding carboxylic acids is 3. The molecule has 0 radical (unpaired) electrons. The first kappa shape index (κ1) is 18.4. The maximum absolute atomic E-state index is 12.7. The molecule has 1 atom stereocenters. The molecular weight excluding hydrogens is 330 g/mol. The highest BCUT2D eigenvalue weighted by atomic mass is 16.2. The Morgan fingerprint density at radius 3 is 2.65 bits per heavy atom. The van der Waals surface area contributed by atoms with Gasteiger partial charge in [0.05, 0.1) is 17.2 Å². The van der Waals surface area contributed by atoms with Crippen LogP contribution >= 0.6 is 0 Å². The first-order valence-electron chi connectivity index (χ1n) is 9.57. The third-order valence-electron chi connectivity index (χ3n) is 5.26. The maximum Gasteiger partial charge on any atom is 0.253 e. The zero-order valence-corrected chi connectivity index (χ0v) is 15.3. The number of nitrogens with zero attached hydrogens (tertiary/aromatic N) is 1. The molecular formula is C20H27N3O3. The lowest BCUT2D eigenvalue weighted by Gasteiger charge is -2.24. The molecule has 0 aromatic heterocycles. The Morgan fingerprint density at radius 1 is 1.19 bits per heavy atom. The van der Waals surface area contributed by atoms with Gasteiger partial charge in [-0.05, 0) is 31.4 Å². The molecule has 1 unspecified atom stereocenters. The molecule has 2 fully saturated rings. The Hall–Kier alpha value is -2.37. The number of amides is 3. The largest absolute Gasteiger partial charge is 0.352 e. The van der Waals surface area contributed by atoms with Crippen molar-refractivity contribution in [3.8, 4) is 0 Å². The molecule has 1 aliphatic heterocycles. The van der Waals surface area contributed by atoms with Crippen molar-refractivity contribution < 1.29 is 14.4 Å². The summed E-state index contributed by atoms with van der Waals surface area (Å²) >= 11 is 0. The van der Waals surface area contributed by atoms with Crippen LogP contribution in [0.5, 0.6) is 0 Å². The number of hydrogen-bond donors (Lipinski definition) is 2. The third-order valence-corrected chi connectivity index (χ3v) is 5.26. The van der Waals surface area contributed by atoms with Crippen LogP contribution < -0.4 is 10.6 Å². The molecule has 1 aromatic carbocycles. The quantitative estimate of drug-likeness (QED) is 0.821. The van der Waals surface area contributed by atoms with E-state index < -0.39 is 0 Å². The highest BCUT2D eigenvalue weighted by Crippen LogP contribution is 2.30. The molecule has 2 N–H and O–H groups in total. The molecule has 0 spiro atoms. The monoisotopic (exact) mass is 357 g/mol. The summed E-state index contributed by atoms with van der Waals surface area (Å²) < 4.78 is 0. The zero-order valence-electron chi connectivity index (χ0n) is 15.3. The van der Waals surface area contributed by atoms with Gasteiger partial charge in [-0.15, -0.1) is 0 Å². The van der Waals surface area contributed by atoms with Gasteiger partial charge in [0.15, 0.2) is 0 Å². The van der Waals surface area contributed by atoms with Gasteiger partial charge in [0, 0.05) is 25.6 Å². The molecule has 6 nitrogen and oxygen atoms in total. The second-order valence-electron chi connectivity index (χ2n) is 7.18. The molecule has 3 amide bonds. The zero-order chi connectivity index (χ0) is 18.5. The summed E-state index contributed by atoms with van der Waals surface area (Å²) in [6, 6.07) is 7.29. The lowest BCUT2D eigenvalue weighted by atomic mass is 10.1.